The maximum Gasteiger partial charge on any atom is 0.262 e. The lowest BCUT2D eigenvalue weighted by molar-refractivity contribution is 0.363. The molecule has 1 fully saturated rings. The third kappa shape index (κ3) is 3.59. The number of sulfonamides is 1. The molecule has 0 amide bonds. The van der Waals surface area contributed by atoms with Crippen LogP contribution in [0.2, 0.25) is 0 Å². The van der Waals surface area contributed by atoms with Crippen molar-refractivity contribution in [1.82, 2.24) is 19.2 Å². The molecule has 0 aliphatic carbocycles. The van der Waals surface area contributed by atoms with Gasteiger partial charge in [-0.1, -0.05) is 13.3 Å². The minimum absolute atomic E-state index is 0.147. The molecule has 1 aromatic heterocycles. The van der Waals surface area contributed by atoms with Crippen LogP contribution in [0.25, 0.3) is 0 Å². The Morgan fingerprint density at radius 2 is 2.35 bits per heavy atom. The molecule has 1 aromatic rings. The maximum absolute atomic E-state index is 12.7. The Hall–Kier alpha value is -0.920. The van der Waals surface area contributed by atoms with Crippen LogP contribution in [0, 0.1) is 0 Å². The molecule has 2 heterocycles. The van der Waals surface area contributed by atoms with Crippen LogP contribution in [-0.4, -0.2) is 48.0 Å². The summed E-state index contributed by atoms with van der Waals surface area (Å²) in [5, 5.41) is 3.51. The summed E-state index contributed by atoms with van der Waals surface area (Å²) in [7, 11) is -1.70. The predicted molar refractivity (Wildman–Crippen MR) is 77.9 cm³/mol. The molecule has 1 saturated heterocycles. The molecule has 20 heavy (non-hydrogen) atoms. The standard InChI is InChI=1S/C13H24N4O2S/c1-3-4-8-17(9-12-6-5-7-14-12)20(18,19)13-10-16(2)11-15-13/h10-12,14H,3-9H2,1-2H3. The lowest BCUT2D eigenvalue weighted by Crippen LogP contribution is -2.41. The van der Waals surface area contributed by atoms with Gasteiger partial charge in [0.2, 0.25) is 0 Å². The van der Waals surface area contributed by atoms with Gasteiger partial charge in [-0.15, -0.1) is 0 Å². The first kappa shape index (κ1) is 15.5. The second-order valence-corrected chi connectivity index (χ2v) is 7.27. The fraction of sp³-hybridized carbons (Fsp3) is 0.769. The van der Waals surface area contributed by atoms with Crippen molar-refractivity contribution >= 4 is 10.0 Å². The molecule has 1 N–H and O–H groups in total. The Kier molecular flexibility index (Phi) is 5.17. The second kappa shape index (κ2) is 6.69. The number of rotatable bonds is 7. The van der Waals surface area contributed by atoms with Crippen LogP contribution in [0.15, 0.2) is 17.6 Å². The van der Waals surface area contributed by atoms with Crippen LogP contribution in [-0.2, 0) is 17.1 Å². The smallest absolute Gasteiger partial charge is 0.262 e. The van der Waals surface area contributed by atoms with E-state index >= 15 is 0 Å². The molecule has 0 radical (unpaired) electrons. The SMILES string of the molecule is CCCCN(CC1CCCN1)S(=O)(=O)c1cn(C)cn1. The highest BCUT2D eigenvalue weighted by molar-refractivity contribution is 7.89. The Morgan fingerprint density at radius 3 is 2.90 bits per heavy atom. The molecule has 0 spiro atoms. The first-order chi connectivity index (χ1) is 9.54. The zero-order valence-electron chi connectivity index (χ0n) is 12.2. The molecular weight excluding hydrogens is 276 g/mol. The fourth-order valence-electron chi connectivity index (χ4n) is 2.46. The van der Waals surface area contributed by atoms with Gasteiger partial charge in [0.1, 0.15) is 0 Å². The van der Waals surface area contributed by atoms with Gasteiger partial charge in [0.05, 0.1) is 6.33 Å². The van der Waals surface area contributed by atoms with Crippen LogP contribution in [0.1, 0.15) is 32.6 Å². The number of aryl methyl sites for hydroxylation is 1. The van der Waals surface area contributed by atoms with Gasteiger partial charge in [0, 0.05) is 32.4 Å². The first-order valence-corrected chi connectivity index (χ1v) is 8.69. The third-order valence-corrected chi connectivity index (χ3v) is 5.38. The van der Waals surface area contributed by atoms with Crippen molar-refractivity contribution in [2.45, 2.75) is 43.7 Å². The van der Waals surface area contributed by atoms with Crippen LogP contribution < -0.4 is 5.32 Å². The summed E-state index contributed by atoms with van der Waals surface area (Å²) in [5.74, 6) is 0. The molecule has 114 valence electrons. The van der Waals surface area contributed by atoms with Gasteiger partial charge >= 0.3 is 0 Å². The first-order valence-electron chi connectivity index (χ1n) is 7.25. The van der Waals surface area contributed by atoms with Crippen LogP contribution in [0.4, 0.5) is 0 Å². The van der Waals surface area contributed by atoms with Crippen molar-refractivity contribution in [2.75, 3.05) is 19.6 Å². The molecule has 1 unspecified atom stereocenters. The highest BCUT2D eigenvalue weighted by Gasteiger charge is 2.29. The summed E-state index contributed by atoms with van der Waals surface area (Å²) in [5.41, 5.74) is 0. The van der Waals surface area contributed by atoms with Gasteiger partial charge in [-0.3, -0.25) is 0 Å². The summed E-state index contributed by atoms with van der Waals surface area (Å²) >= 11 is 0. The van der Waals surface area contributed by atoms with Crippen molar-refractivity contribution in [2.24, 2.45) is 7.05 Å². The minimum Gasteiger partial charge on any atom is -0.339 e. The minimum atomic E-state index is -3.48. The molecule has 0 bridgehead atoms. The summed E-state index contributed by atoms with van der Waals surface area (Å²) in [4.78, 5) is 4.00. The molecule has 2 rings (SSSR count). The number of hydrogen-bond donors (Lipinski definition) is 1. The zero-order valence-corrected chi connectivity index (χ0v) is 13.1. The molecule has 1 aliphatic rings. The number of hydrogen-bond acceptors (Lipinski definition) is 4. The van der Waals surface area contributed by atoms with Crippen molar-refractivity contribution in [3.8, 4) is 0 Å². The van der Waals surface area contributed by atoms with E-state index in [9.17, 15) is 8.42 Å². The molecule has 7 heteroatoms. The summed E-state index contributed by atoms with van der Waals surface area (Å²) in [6, 6.07) is 0.269. The Bertz CT molecular complexity index is 520. The van der Waals surface area contributed by atoms with Crippen molar-refractivity contribution < 1.29 is 8.42 Å². The summed E-state index contributed by atoms with van der Waals surface area (Å²) < 4.78 is 28.6. The van der Waals surface area contributed by atoms with E-state index in [-0.39, 0.29) is 11.1 Å². The average Bonchev–Trinajstić information content (AvgIpc) is 3.05. The molecule has 1 atom stereocenters. The van der Waals surface area contributed by atoms with Crippen LogP contribution in [0.3, 0.4) is 0 Å². The quantitative estimate of drug-likeness (QED) is 0.814. The largest absolute Gasteiger partial charge is 0.339 e. The molecular formula is C13H24N4O2S. The van der Waals surface area contributed by atoms with E-state index in [4.69, 9.17) is 0 Å². The van der Waals surface area contributed by atoms with Crippen molar-refractivity contribution in [3.63, 3.8) is 0 Å². The van der Waals surface area contributed by atoms with Gasteiger partial charge < -0.3 is 9.88 Å². The average molecular weight is 300 g/mol. The summed E-state index contributed by atoms with van der Waals surface area (Å²) in [6.45, 7) is 4.15. The van der Waals surface area contributed by atoms with E-state index in [0.29, 0.717) is 13.1 Å². The molecule has 0 aromatic carbocycles. The Labute approximate surface area is 121 Å². The van der Waals surface area contributed by atoms with E-state index in [0.717, 1.165) is 32.2 Å². The Balaban J connectivity index is 2.15. The van der Waals surface area contributed by atoms with Gasteiger partial charge in [-0.25, -0.2) is 13.4 Å². The summed E-state index contributed by atoms with van der Waals surface area (Å²) in [6.07, 6.45) is 7.11. The molecule has 0 saturated carbocycles. The van der Waals surface area contributed by atoms with E-state index in [1.54, 1.807) is 22.1 Å². The number of aromatic nitrogens is 2. The van der Waals surface area contributed by atoms with Gasteiger partial charge in [-0.05, 0) is 25.8 Å². The topological polar surface area (TPSA) is 67.2 Å². The van der Waals surface area contributed by atoms with Gasteiger partial charge in [0.25, 0.3) is 10.0 Å². The van der Waals surface area contributed by atoms with Crippen LogP contribution in [0.5, 0.6) is 0 Å². The highest BCUT2D eigenvalue weighted by Crippen LogP contribution is 2.17. The van der Waals surface area contributed by atoms with Gasteiger partial charge in [0.15, 0.2) is 5.03 Å². The van der Waals surface area contributed by atoms with Crippen LogP contribution >= 0.6 is 0 Å². The lowest BCUT2D eigenvalue weighted by atomic mass is 10.2. The Morgan fingerprint density at radius 1 is 1.55 bits per heavy atom. The number of imidazole rings is 1. The predicted octanol–water partition coefficient (Wildman–Crippen LogP) is 0.963. The third-order valence-electron chi connectivity index (χ3n) is 3.63. The lowest BCUT2D eigenvalue weighted by Gasteiger charge is -2.24. The maximum atomic E-state index is 12.7. The normalized spacial score (nSPS) is 19.9. The highest BCUT2D eigenvalue weighted by atomic mass is 32.2. The monoisotopic (exact) mass is 300 g/mol. The van der Waals surface area contributed by atoms with Gasteiger partial charge in [-0.2, -0.15) is 4.31 Å². The molecule has 1 aliphatic heterocycles. The molecule has 6 nitrogen and oxygen atoms in total. The fourth-order valence-corrected chi connectivity index (χ4v) is 3.95. The van der Waals surface area contributed by atoms with E-state index < -0.39 is 10.0 Å². The zero-order chi connectivity index (χ0) is 14.6. The van der Waals surface area contributed by atoms with Crippen molar-refractivity contribution in [1.29, 1.82) is 0 Å². The number of nitrogens with zero attached hydrogens (tertiary/aromatic N) is 3. The van der Waals surface area contributed by atoms with E-state index in [1.165, 1.54) is 6.33 Å². The van der Waals surface area contributed by atoms with Crippen molar-refractivity contribution in [3.05, 3.63) is 12.5 Å². The van der Waals surface area contributed by atoms with E-state index in [2.05, 4.69) is 17.2 Å². The number of nitrogens with one attached hydrogen (secondary N) is 1. The number of unbranched alkanes of at least 4 members (excludes halogenated alkanes) is 1. The van der Waals surface area contributed by atoms with E-state index in [1.807, 2.05) is 0 Å². The second-order valence-electron chi connectivity index (χ2n) is 5.39.